The van der Waals surface area contributed by atoms with Gasteiger partial charge >= 0.3 is 0 Å². The Morgan fingerprint density at radius 3 is 2.17 bits per heavy atom. The lowest BCUT2D eigenvalue weighted by Gasteiger charge is -2.36. The van der Waals surface area contributed by atoms with E-state index >= 15 is 0 Å². The second-order valence-electron chi connectivity index (χ2n) is 6.46. The third-order valence-electron chi connectivity index (χ3n) is 4.83. The Kier molecular flexibility index (Phi) is 4.96. The van der Waals surface area contributed by atoms with E-state index in [1.807, 2.05) is 6.92 Å². The van der Waals surface area contributed by atoms with Crippen LogP contribution in [0.1, 0.15) is 39.0 Å². The summed E-state index contributed by atoms with van der Waals surface area (Å²) in [6.07, 6.45) is 6.46. The summed E-state index contributed by atoms with van der Waals surface area (Å²) in [7, 11) is 0. The number of rotatable bonds is 0. The molecule has 6 heteroatoms. The molecular formula is C17H24O6. The molecule has 4 rings (SSSR count). The molecular weight excluding hydrogens is 300 g/mol. The molecule has 4 aliphatic rings. The van der Waals surface area contributed by atoms with Crippen LogP contribution < -0.4 is 0 Å². The topological polar surface area (TPSA) is 71.1 Å². The summed E-state index contributed by atoms with van der Waals surface area (Å²) in [5, 5.41) is 0. The van der Waals surface area contributed by atoms with Crippen LogP contribution in [0.15, 0.2) is 12.2 Å². The van der Waals surface area contributed by atoms with Gasteiger partial charge in [-0.2, -0.15) is 0 Å². The van der Waals surface area contributed by atoms with E-state index in [1.54, 1.807) is 12.2 Å². The van der Waals surface area contributed by atoms with Crippen LogP contribution in [0.3, 0.4) is 0 Å². The smallest absolute Gasteiger partial charge is 0.188 e. The maximum absolute atomic E-state index is 11.1. The van der Waals surface area contributed by atoms with Crippen LogP contribution >= 0.6 is 0 Å². The summed E-state index contributed by atoms with van der Waals surface area (Å²) >= 11 is 0. The average Bonchev–Trinajstić information content (AvgIpc) is 3.19. The van der Waals surface area contributed by atoms with E-state index in [0.717, 1.165) is 6.42 Å². The SMILES string of the molecule is CC1CC(=O)CCC12OCCO2.O=C1C=CC2(CC1)OCCO2. The number of carbonyl (C=O) groups excluding carboxylic acids is 2. The van der Waals surface area contributed by atoms with Gasteiger partial charge in [-0.1, -0.05) is 6.92 Å². The van der Waals surface area contributed by atoms with Crippen molar-refractivity contribution in [1.29, 1.82) is 0 Å². The largest absolute Gasteiger partial charge is 0.347 e. The van der Waals surface area contributed by atoms with Crippen molar-refractivity contribution in [2.45, 2.75) is 50.6 Å². The molecule has 128 valence electrons. The van der Waals surface area contributed by atoms with E-state index < -0.39 is 11.6 Å². The normalized spacial score (nSPS) is 31.4. The first-order valence-corrected chi connectivity index (χ1v) is 8.33. The van der Waals surface area contributed by atoms with Crippen LogP contribution in [0.2, 0.25) is 0 Å². The number of carbonyl (C=O) groups is 2. The lowest BCUT2D eigenvalue weighted by molar-refractivity contribution is -0.207. The zero-order chi connectivity index (χ0) is 16.3. The minimum atomic E-state index is -0.548. The van der Waals surface area contributed by atoms with Gasteiger partial charge in [-0.25, -0.2) is 0 Å². The number of hydrogen-bond donors (Lipinski definition) is 0. The van der Waals surface area contributed by atoms with Crippen molar-refractivity contribution in [1.82, 2.24) is 0 Å². The molecule has 23 heavy (non-hydrogen) atoms. The van der Waals surface area contributed by atoms with E-state index in [1.165, 1.54) is 0 Å². The molecule has 2 heterocycles. The van der Waals surface area contributed by atoms with Crippen molar-refractivity contribution in [2.24, 2.45) is 5.92 Å². The van der Waals surface area contributed by atoms with E-state index in [9.17, 15) is 9.59 Å². The lowest BCUT2D eigenvalue weighted by Crippen LogP contribution is -2.42. The van der Waals surface area contributed by atoms with Gasteiger partial charge in [-0.05, 0) is 12.2 Å². The third kappa shape index (κ3) is 3.71. The standard InChI is InChI=1S/C9H14O3.C8H10O3/c1-7-6-8(10)2-3-9(7)11-4-5-12-9;9-7-1-3-8(4-2-7)10-5-6-11-8/h7H,2-6H2,1H3;1,3H,2,4-6H2. The van der Waals surface area contributed by atoms with Gasteiger partial charge in [0.2, 0.25) is 0 Å². The number of hydrogen-bond acceptors (Lipinski definition) is 6. The van der Waals surface area contributed by atoms with Gasteiger partial charge in [0.25, 0.3) is 0 Å². The number of ether oxygens (including phenoxy) is 4. The molecule has 3 fully saturated rings. The Morgan fingerprint density at radius 2 is 1.61 bits per heavy atom. The zero-order valence-corrected chi connectivity index (χ0v) is 13.5. The third-order valence-corrected chi connectivity index (χ3v) is 4.83. The lowest BCUT2D eigenvalue weighted by atomic mass is 9.84. The van der Waals surface area contributed by atoms with Crippen molar-refractivity contribution >= 4 is 11.6 Å². The fraction of sp³-hybridized carbons (Fsp3) is 0.765. The molecule has 0 N–H and O–H groups in total. The molecule has 2 saturated heterocycles. The predicted octanol–water partition coefficient (Wildman–Crippen LogP) is 1.77. The maximum atomic E-state index is 11.1. The first-order valence-electron chi connectivity index (χ1n) is 8.33. The van der Waals surface area contributed by atoms with Gasteiger partial charge < -0.3 is 18.9 Å². The first-order chi connectivity index (χ1) is 11.0. The Balaban J connectivity index is 0.000000136. The quantitative estimate of drug-likeness (QED) is 0.676. The summed E-state index contributed by atoms with van der Waals surface area (Å²) in [6.45, 7) is 4.66. The van der Waals surface area contributed by atoms with Crippen LogP contribution in [0.4, 0.5) is 0 Å². The molecule has 1 unspecified atom stereocenters. The van der Waals surface area contributed by atoms with Crippen molar-refractivity contribution in [2.75, 3.05) is 26.4 Å². The van der Waals surface area contributed by atoms with Crippen molar-refractivity contribution in [3.8, 4) is 0 Å². The Morgan fingerprint density at radius 1 is 0.957 bits per heavy atom. The highest BCUT2D eigenvalue weighted by Crippen LogP contribution is 2.38. The summed E-state index contributed by atoms with van der Waals surface area (Å²) in [6, 6.07) is 0. The second-order valence-corrected chi connectivity index (χ2v) is 6.46. The van der Waals surface area contributed by atoms with Gasteiger partial charge in [-0.15, -0.1) is 0 Å². The molecule has 0 aromatic heterocycles. The fourth-order valence-corrected chi connectivity index (χ4v) is 3.45. The van der Waals surface area contributed by atoms with E-state index in [2.05, 4.69) is 0 Å². The highest BCUT2D eigenvalue weighted by atomic mass is 16.7. The molecule has 0 radical (unpaired) electrons. The second kappa shape index (κ2) is 6.81. The average molecular weight is 324 g/mol. The van der Waals surface area contributed by atoms with E-state index in [-0.39, 0.29) is 11.7 Å². The van der Waals surface area contributed by atoms with Gasteiger partial charge in [-0.3, -0.25) is 9.59 Å². The summed E-state index contributed by atoms with van der Waals surface area (Å²) < 4.78 is 21.9. The Hall–Kier alpha value is -1.08. The summed E-state index contributed by atoms with van der Waals surface area (Å²) in [4.78, 5) is 21.9. The predicted molar refractivity (Wildman–Crippen MR) is 80.7 cm³/mol. The molecule has 6 nitrogen and oxygen atoms in total. The van der Waals surface area contributed by atoms with Crippen molar-refractivity contribution in [3.05, 3.63) is 12.2 Å². The minimum Gasteiger partial charge on any atom is -0.347 e. The van der Waals surface area contributed by atoms with Gasteiger partial charge in [0.05, 0.1) is 26.4 Å². The number of allylic oxidation sites excluding steroid dienone is 1. The summed E-state index contributed by atoms with van der Waals surface area (Å²) in [5.41, 5.74) is 0. The minimum absolute atomic E-state index is 0.162. The monoisotopic (exact) mass is 324 g/mol. The van der Waals surface area contributed by atoms with Crippen LogP contribution in [-0.2, 0) is 28.5 Å². The van der Waals surface area contributed by atoms with Crippen LogP contribution in [0.25, 0.3) is 0 Å². The highest BCUT2D eigenvalue weighted by molar-refractivity contribution is 5.90. The first kappa shape index (κ1) is 16.8. The molecule has 2 aliphatic carbocycles. The molecule has 0 amide bonds. The van der Waals surface area contributed by atoms with E-state index in [0.29, 0.717) is 57.9 Å². The molecule has 2 spiro atoms. The number of Topliss-reactive ketones (excluding diaryl/α,β-unsaturated/α-hetero) is 1. The van der Waals surface area contributed by atoms with Gasteiger partial charge in [0.1, 0.15) is 5.78 Å². The van der Waals surface area contributed by atoms with E-state index in [4.69, 9.17) is 18.9 Å². The number of ketones is 2. The molecule has 2 aliphatic heterocycles. The molecule has 1 atom stereocenters. The zero-order valence-electron chi connectivity index (χ0n) is 13.5. The molecule has 1 saturated carbocycles. The van der Waals surface area contributed by atoms with Gasteiger partial charge in [0, 0.05) is 38.0 Å². The van der Waals surface area contributed by atoms with Crippen LogP contribution in [-0.4, -0.2) is 49.6 Å². The van der Waals surface area contributed by atoms with Crippen LogP contribution in [0.5, 0.6) is 0 Å². The highest BCUT2D eigenvalue weighted by Gasteiger charge is 2.45. The molecule has 0 bridgehead atoms. The van der Waals surface area contributed by atoms with Crippen LogP contribution in [0, 0.1) is 5.92 Å². The summed E-state index contributed by atoms with van der Waals surface area (Å²) in [5.74, 6) is -0.231. The van der Waals surface area contributed by atoms with Gasteiger partial charge in [0.15, 0.2) is 17.4 Å². The maximum Gasteiger partial charge on any atom is 0.188 e. The van der Waals surface area contributed by atoms with Crippen molar-refractivity contribution < 1.29 is 28.5 Å². The van der Waals surface area contributed by atoms with Crippen molar-refractivity contribution in [3.63, 3.8) is 0 Å². The fourth-order valence-electron chi connectivity index (χ4n) is 3.45. The molecule has 0 aromatic carbocycles. The Labute approximate surface area is 136 Å². The Bertz CT molecular complexity index is 485. The molecule has 0 aromatic rings.